The highest BCUT2D eigenvalue weighted by Gasteiger charge is 2.04. The number of aromatic hydroxyl groups is 1. The summed E-state index contributed by atoms with van der Waals surface area (Å²) in [7, 11) is 0. The molecule has 0 aliphatic rings. The number of rotatable bonds is 0. The van der Waals surface area contributed by atoms with E-state index in [4.69, 9.17) is 5.84 Å². The summed E-state index contributed by atoms with van der Waals surface area (Å²) < 4.78 is 0. The lowest BCUT2D eigenvalue weighted by Crippen LogP contribution is -2.09. The van der Waals surface area contributed by atoms with Gasteiger partial charge in [-0.2, -0.15) is 4.79 Å². The van der Waals surface area contributed by atoms with Gasteiger partial charge in [-0.3, -0.25) is 0 Å². The zero-order valence-electron chi connectivity index (χ0n) is 6.10. The molecule has 1 heterocycles. The molecule has 0 amide bonds. The van der Waals surface area contributed by atoms with Crippen LogP contribution in [0, 0.1) is 0 Å². The molecule has 6 nitrogen and oxygen atoms in total. The van der Waals surface area contributed by atoms with Gasteiger partial charge in [-0.25, -0.2) is 0 Å². The van der Waals surface area contributed by atoms with Gasteiger partial charge in [0.05, 0.1) is 0 Å². The average molecular weight is 168 g/mol. The second kappa shape index (κ2) is 2.67. The molecule has 0 spiro atoms. The Hall–Kier alpha value is -1.82. The zero-order chi connectivity index (χ0) is 7.84. The van der Waals surface area contributed by atoms with Gasteiger partial charge < -0.3 is 16.4 Å². The third-order valence-corrected chi connectivity index (χ3v) is 1.48. The number of benzene rings is 1. The van der Waals surface area contributed by atoms with Crippen LogP contribution in [0.4, 0.5) is 0 Å². The number of phenolic OH excluding ortho intramolecular Hbond substituents is 1. The molecule has 1 aromatic carbocycles. The number of aromatic nitrogens is 3. The molecule has 12 heavy (non-hydrogen) atoms. The predicted molar refractivity (Wildman–Crippen MR) is 43.0 cm³/mol. The zero-order valence-corrected chi connectivity index (χ0v) is 6.10. The summed E-state index contributed by atoms with van der Waals surface area (Å²) in [6.07, 6.45) is 0. The number of nitrogens with zero attached hydrogens (tertiary/aromatic N) is 3. The Balaban J connectivity index is 0.000000720. The van der Waals surface area contributed by atoms with Crippen molar-refractivity contribution in [3.8, 4) is 5.75 Å². The van der Waals surface area contributed by atoms with Gasteiger partial charge in [0.2, 0.25) is 0 Å². The van der Waals surface area contributed by atoms with Crippen LogP contribution in [-0.2, 0) is 0 Å². The molecule has 0 saturated heterocycles. The first-order chi connectivity index (χ1) is 5.29. The Bertz CT molecular complexity index is 397. The largest absolute Gasteiger partial charge is 0.506 e. The number of hydrogen-bond donors (Lipinski definition) is 2. The maximum atomic E-state index is 9.21. The number of nitrogen functional groups attached to an aromatic ring is 1. The van der Waals surface area contributed by atoms with E-state index < -0.39 is 0 Å². The van der Waals surface area contributed by atoms with E-state index in [1.807, 2.05) is 0 Å². The molecule has 0 unspecified atom stereocenters. The van der Waals surface area contributed by atoms with E-state index in [1.54, 1.807) is 12.1 Å². The molecule has 0 aliphatic carbocycles. The van der Waals surface area contributed by atoms with Crippen LogP contribution in [0.5, 0.6) is 5.75 Å². The van der Waals surface area contributed by atoms with Crippen molar-refractivity contribution in [1.29, 1.82) is 0 Å². The highest BCUT2D eigenvalue weighted by atomic mass is 16.3. The second-order valence-electron chi connectivity index (χ2n) is 2.18. The molecule has 5 N–H and O–H groups in total. The number of nitrogens with two attached hydrogens (primary N) is 1. The van der Waals surface area contributed by atoms with Crippen molar-refractivity contribution in [2.24, 2.45) is 0 Å². The van der Waals surface area contributed by atoms with Gasteiger partial charge in [-0.1, -0.05) is 6.07 Å². The Morgan fingerprint density at radius 3 is 2.83 bits per heavy atom. The van der Waals surface area contributed by atoms with Crippen molar-refractivity contribution in [2.45, 2.75) is 0 Å². The number of hydrogen-bond acceptors (Lipinski definition) is 4. The maximum Gasteiger partial charge on any atom is 0.157 e. The van der Waals surface area contributed by atoms with E-state index in [-0.39, 0.29) is 11.2 Å². The molecule has 0 saturated carbocycles. The minimum absolute atomic E-state index is 0. The summed E-state index contributed by atoms with van der Waals surface area (Å²) in [6, 6.07) is 4.95. The molecular weight excluding hydrogens is 160 g/mol. The van der Waals surface area contributed by atoms with Crippen LogP contribution in [0.1, 0.15) is 0 Å². The number of fused-ring (bicyclic) bond motifs is 1. The molecule has 6 heteroatoms. The van der Waals surface area contributed by atoms with Gasteiger partial charge in [-0.05, 0) is 17.3 Å². The van der Waals surface area contributed by atoms with E-state index in [0.29, 0.717) is 11.0 Å². The molecule has 0 fully saturated rings. The molecule has 1 aromatic heterocycles. The average Bonchev–Trinajstić information content (AvgIpc) is 2.35. The SMILES string of the molecule is Nn1nnc2c(O)cccc21.O. The first-order valence-corrected chi connectivity index (χ1v) is 3.07. The Morgan fingerprint density at radius 2 is 2.17 bits per heavy atom. The fraction of sp³-hybridized carbons (Fsp3) is 0. The van der Waals surface area contributed by atoms with E-state index in [9.17, 15) is 5.11 Å². The lowest BCUT2D eigenvalue weighted by atomic mass is 10.3. The first kappa shape index (κ1) is 8.28. The minimum atomic E-state index is 0. The van der Waals surface area contributed by atoms with Crippen molar-refractivity contribution in [3.05, 3.63) is 18.2 Å². The van der Waals surface area contributed by atoms with Gasteiger partial charge in [0.15, 0.2) is 5.52 Å². The third-order valence-electron chi connectivity index (χ3n) is 1.48. The summed E-state index contributed by atoms with van der Waals surface area (Å²) >= 11 is 0. The van der Waals surface area contributed by atoms with E-state index in [2.05, 4.69) is 10.3 Å². The second-order valence-corrected chi connectivity index (χ2v) is 2.18. The standard InChI is InChI=1S/C6H6N4O.H2O/c7-10-4-2-1-3-5(11)6(4)8-9-10;/h1-3,11H,7H2;1H2. The summed E-state index contributed by atoms with van der Waals surface area (Å²) in [5.41, 5.74) is 1.04. The molecule has 2 rings (SSSR count). The molecular formula is C6H8N4O2. The fourth-order valence-electron chi connectivity index (χ4n) is 0.948. The summed E-state index contributed by atoms with van der Waals surface area (Å²) in [5, 5.41) is 16.4. The van der Waals surface area contributed by atoms with E-state index in [1.165, 1.54) is 6.07 Å². The minimum Gasteiger partial charge on any atom is -0.506 e. The van der Waals surface area contributed by atoms with Crippen molar-refractivity contribution in [1.82, 2.24) is 15.1 Å². The maximum absolute atomic E-state index is 9.21. The molecule has 0 radical (unpaired) electrons. The van der Waals surface area contributed by atoms with Crippen molar-refractivity contribution in [2.75, 3.05) is 5.84 Å². The summed E-state index contributed by atoms with van der Waals surface area (Å²) in [4.78, 5) is 1.12. The van der Waals surface area contributed by atoms with Gasteiger partial charge in [0, 0.05) is 0 Å². The topological polar surface area (TPSA) is 108 Å². The predicted octanol–water partition coefficient (Wildman–Crippen LogP) is -0.974. The van der Waals surface area contributed by atoms with Crippen LogP contribution < -0.4 is 5.84 Å². The summed E-state index contributed by atoms with van der Waals surface area (Å²) in [6.45, 7) is 0. The lowest BCUT2D eigenvalue weighted by Gasteiger charge is -1.91. The van der Waals surface area contributed by atoms with E-state index in [0.717, 1.165) is 4.79 Å². The Morgan fingerprint density at radius 1 is 1.42 bits per heavy atom. The van der Waals surface area contributed by atoms with E-state index >= 15 is 0 Å². The van der Waals surface area contributed by atoms with Crippen molar-refractivity contribution < 1.29 is 10.6 Å². The molecule has 0 aliphatic heterocycles. The van der Waals surface area contributed by atoms with Crippen LogP contribution in [-0.4, -0.2) is 25.7 Å². The molecule has 0 bridgehead atoms. The number of phenols is 1. The van der Waals surface area contributed by atoms with Crippen molar-refractivity contribution >= 4 is 11.0 Å². The molecule has 0 atom stereocenters. The smallest absolute Gasteiger partial charge is 0.157 e. The normalized spacial score (nSPS) is 9.67. The summed E-state index contributed by atoms with van der Waals surface area (Å²) in [5.74, 6) is 5.47. The van der Waals surface area contributed by atoms with Crippen molar-refractivity contribution in [3.63, 3.8) is 0 Å². The monoisotopic (exact) mass is 168 g/mol. The van der Waals surface area contributed by atoms with Gasteiger partial charge in [0.1, 0.15) is 11.3 Å². The van der Waals surface area contributed by atoms with Crippen LogP contribution >= 0.6 is 0 Å². The Kier molecular flexibility index (Phi) is 1.84. The van der Waals surface area contributed by atoms with Gasteiger partial charge >= 0.3 is 0 Å². The van der Waals surface area contributed by atoms with Crippen LogP contribution in [0.25, 0.3) is 11.0 Å². The van der Waals surface area contributed by atoms with Crippen LogP contribution in [0.15, 0.2) is 18.2 Å². The van der Waals surface area contributed by atoms with Crippen LogP contribution in [0.3, 0.4) is 0 Å². The van der Waals surface area contributed by atoms with Crippen LogP contribution in [0.2, 0.25) is 0 Å². The highest BCUT2D eigenvalue weighted by molar-refractivity contribution is 5.80. The third kappa shape index (κ3) is 0.940. The molecule has 2 aromatic rings. The van der Waals surface area contributed by atoms with Gasteiger partial charge in [-0.15, -0.1) is 5.10 Å². The highest BCUT2D eigenvalue weighted by Crippen LogP contribution is 2.19. The molecule has 64 valence electrons. The quantitative estimate of drug-likeness (QED) is 0.493. The Labute approximate surface area is 67.5 Å². The lowest BCUT2D eigenvalue weighted by molar-refractivity contribution is 0.480. The van der Waals surface area contributed by atoms with Gasteiger partial charge in [0.25, 0.3) is 0 Å². The first-order valence-electron chi connectivity index (χ1n) is 3.07. The fourth-order valence-corrected chi connectivity index (χ4v) is 0.948.